The van der Waals surface area contributed by atoms with Gasteiger partial charge in [-0.25, -0.2) is 4.39 Å². The lowest BCUT2D eigenvalue weighted by Crippen LogP contribution is -2.43. The molecular weight excluding hydrogens is 577 g/mol. The molecule has 228 valence electrons. The summed E-state index contributed by atoms with van der Waals surface area (Å²) < 4.78 is 31.9. The topological polar surface area (TPSA) is 173 Å². The first kappa shape index (κ1) is 28.3. The van der Waals surface area contributed by atoms with Gasteiger partial charge in [-0.2, -0.15) is 25.2 Å². The Balaban J connectivity index is 1.24. The molecule has 3 saturated heterocycles. The molecule has 0 saturated carbocycles. The van der Waals surface area contributed by atoms with E-state index < -0.39 is 17.7 Å². The minimum Gasteiger partial charge on any atom is -0.461 e. The maximum absolute atomic E-state index is 14.4. The fourth-order valence-electron chi connectivity index (χ4n) is 7.12. The molecule has 3 aromatic rings. The van der Waals surface area contributed by atoms with Crippen LogP contribution in [-0.2, 0) is 16.6 Å². The molecule has 0 radical (unpaired) electrons. The molecule has 6 heterocycles. The number of rotatable bonds is 6. The van der Waals surface area contributed by atoms with Crippen molar-refractivity contribution in [3.8, 4) is 23.7 Å². The Labute approximate surface area is 251 Å². The van der Waals surface area contributed by atoms with Gasteiger partial charge in [-0.3, -0.25) is 4.90 Å². The van der Waals surface area contributed by atoms with Crippen LogP contribution < -0.4 is 15.4 Å². The number of halogens is 1. The molecule has 4 atom stereocenters. The summed E-state index contributed by atoms with van der Waals surface area (Å²) >= 11 is 1.44. The summed E-state index contributed by atoms with van der Waals surface area (Å²) in [5.74, 6) is 0.932. The van der Waals surface area contributed by atoms with Crippen LogP contribution in [0.5, 0.6) is 6.01 Å². The number of nitrogens with two attached hydrogens (primary N) is 1. The fourth-order valence-corrected chi connectivity index (χ4v) is 8.31. The highest BCUT2D eigenvalue weighted by atomic mass is 32.1. The van der Waals surface area contributed by atoms with Gasteiger partial charge in [-0.05, 0) is 45.6 Å². The summed E-state index contributed by atoms with van der Waals surface area (Å²) in [5.41, 5.74) is 6.43. The van der Waals surface area contributed by atoms with Crippen molar-refractivity contribution in [3.05, 3.63) is 21.9 Å². The summed E-state index contributed by atoms with van der Waals surface area (Å²) in [7, 11) is 0. The van der Waals surface area contributed by atoms with Crippen molar-refractivity contribution in [2.45, 2.75) is 68.7 Å². The molecule has 3 aromatic heterocycles. The van der Waals surface area contributed by atoms with Crippen molar-refractivity contribution in [1.82, 2.24) is 30.0 Å². The maximum atomic E-state index is 14.4. The number of hydrogen-bond donors (Lipinski definition) is 2. The SMILES string of the molecule is C[C@]1(c2nc(-c3nc(OC[C@@]45CCCN4C[C@H](F)C5)nc(N4CCOCC(O)C4)n3)no2)CCCc2sc(N)c(C#N)c21. The molecule has 0 bridgehead atoms. The molecule has 3 N–H and O–H groups in total. The summed E-state index contributed by atoms with van der Waals surface area (Å²) in [6, 6.07) is 2.33. The monoisotopic (exact) mass is 611 g/mol. The van der Waals surface area contributed by atoms with Gasteiger partial charge in [0.2, 0.25) is 23.5 Å². The molecule has 15 heteroatoms. The maximum Gasteiger partial charge on any atom is 0.321 e. The van der Waals surface area contributed by atoms with Gasteiger partial charge in [-0.1, -0.05) is 5.16 Å². The second-order valence-electron chi connectivity index (χ2n) is 12.1. The van der Waals surface area contributed by atoms with Crippen LogP contribution in [0.2, 0.25) is 0 Å². The molecule has 3 fully saturated rings. The van der Waals surface area contributed by atoms with E-state index in [4.69, 9.17) is 24.7 Å². The third kappa shape index (κ3) is 4.99. The number of aryl methyl sites for hydroxylation is 1. The third-order valence-corrected chi connectivity index (χ3v) is 10.3. The number of nitrogen functional groups attached to an aromatic ring is 1. The van der Waals surface area contributed by atoms with Crippen LogP contribution >= 0.6 is 11.3 Å². The highest BCUT2D eigenvalue weighted by Gasteiger charge is 2.49. The van der Waals surface area contributed by atoms with E-state index in [1.165, 1.54) is 11.3 Å². The zero-order chi connectivity index (χ0) is 29.8. The smallest absolute Gasteiger partial charge is 0.321 e. The lowest BCUT2D eigenvalue weighted by Gasteiger charge is -2.31. The molecule has 13 nitrogen and oxygen atoms in total. The number of nitriles is 1. The molecule has 0 spiro atoms. The lowest BCUT2D eigenvalue weighted by molar-refractivity contribution is 0.0597. The third-order valence-electron chi connectivity index (χ3n) is 9.21. The van der Waals surface area contributed by atoms with Crippen LogP contribution in [0.15, 0.2) is 4.52 Å². The molecule has 1 aliphatic carbocycles. The van der Waals surface area contributed by atoms with E-state index in [2.05, 4.69) is 31.1 Å². The van der Waals surface area contributed by atoms with Crippen molar-refractivity contribution in [2.24, 2.45) is 0 Å². The molecule has 4 aliphatic rings. The van der Waals surface area contributed by atoms with E-state index in [1.807, 2.05) is 11.8 Å². The summed E-state index contributed by atoms with van der Waals surface area (Å²) in [6.07, 6.45) is 3.09. The minimum absolute atomic E-state index is 0.0677. The van der Waals surface area contributed by atoms with Crippen LogP contribution in [0.4, 0.5) is 15.3 Å². The van der Waals surface area contributed by atoms with E-state index in [0.717, 1.165) is 42.7 Å². The normalized spacial score (nSPS) is 29.2. The number of thiophene rings is 1. The number of aromatic nitrogens is 5. The molecule has 3 aliphatic heterocycles. The van der Waals surface area contributed by atoms with Crippen LogP contribution in [-0.4, -0.2) is 98.9 Å². The van der Waals surface area contributed by atoms with Crippen LogP contribution in [0, 0.1) is 11.3 Å². The molecule has 0 aromatic carbocycles. The standard InChI is InChI=1S/C28H34FN9O4S/c1-27(5-2-4-19-20(27)18(11-30)21(31)43-19)24-32-23(36-42-24)22-33-25(37-8-9-40-14-17(39)13-37)35-26(34-22)41-15-28-6-3-7-38(28)12-16(29)10-28/h16-17,39H,2-10,12-15,31H2,1H3/t16-,17?,27+,28+/m1/s1. The van der Waals surface area contributed by atoms with Gasteiger partial charge < -0.3 is 29.7 Å². The van der Waals surface area contributed by atoms with Crippen molar-refractivity contribution in [1.29, 1.82) is 5.26 Å². The highest BCUT2D eigenvalue weighted by Crippen LogP contribution is 2.48. The Morgan fingerprint density at radius 2 is 2.07 bits per heavy atom. The van der Waals surface area contributed by atoms with Gasteiger partial charge in [0.25, 0.3) is 0 Å². The fraction of sp³-hybridized carbons (Fsp3) is 0.643. The summed E-state index contributed by atoms with van der Waals surface area (Å²) in [4.78, 5) is 23.6. The zero-order valence-electron chi connectivity index (χ0n) is 24.0. The van der Waals surface area contributed by atoms with Crippen LogP contribution in [0.25, 0.3) is 11.6 Å². The predicted molar refractivity (Wildman–Crippen MR) is 154 cm³/mol. The van der Waals surface area contributed by atoms with Gasteiger partial charge >= 0.3 is 6.01 Å². The highest BCUT2D eigenvalue weighted by molar-refractivity contribution is 7.16. The predicted octanol–water partition coefficient (Wildman–Crippen LogP) is 2.23. The minimum atomic E-state index is -0.883. The molecule has 1 unspecified atom stereocenters. The first-order valence-electron chi connectivity index (χ1n) is 14.7. The second-order valence-corrected chi connectivity index (χ2v) is 13.3. The number of nitrogens with zero attached hydrogens (tertiary/aromatic N) is 8. The number of β-amino-alcohol motifs (C(OH)–C–C–N with tert-alkyl or cyclic N) is 1. The van der Waals surface area contributed by atoms with Crippen molar-refractivity contribution >= 4 is 22.3 Å². The van der Waals surface area contributed by atoms with Crippen molar-refractivity contribution < 1.29 is 23.5 Å². The first-order valence-corrected chi connectivity index (χ1v) is 15.5. The number of anilines is 2. The van der Waals surface area contributed by atoms with Gasteiger partial charge in [0, 0.05) is 36.5 Å². The van der Waals surface area contributed by atoms with E-state index in [-0.39, 0.29) is 48.9 Å². The van der Waals surface area contributed by atoms with E-state index in [9.17, 15) is 14.8 Å². The molecule has 7 rings (SSSR count). The quantitative estimate of drug-likeness (QED) is 0.416. The zero-order valence-corrected chi connectivity index (χ0v) is 24.8. The van der Waals surface area contributed by atoms with Gasteiger partial charge in [-0.15, -0.1) is 11.3 Å². The Morgan fingerprint density at radius 3 is 2.93 bits per heavy atom. The van der Waals surface area contributed by atoms with Crippen molar-refractivity contribution in [3.63, 3.8) is 0 Å². The number of aliphatic hydroxyl groups excluding tert-OH is 1. The Kier molecular flexibility index (Phi) is 7.19. The van der Waals surface area contributed by atoms with Crippen molar-refractivity contribution in [2.75, 3.05) is 56.6 Å². The summed E-state index contributed by atoms with van der Waals surface area (Å²) in [5, 5.41) is 25.0. The van der Waals surface area contributed by atoms with E-state index in [0.29, 0.717) is 49.0 Å². The van der Waals surface area contributed by atoms with Gasteiger partial charge in [0.05, 0.1) is 35.8 Å². The first-order chi connectivity index (χ1) is 20.8. The lowest BCUT2D eigenvalue weighted by atomic mass is 9.72. The Morgan fingerprint density at radius 1 is 1.19 bits per heavy atom. The molecular formula is C28H34FN9O4S. The Hall–Kier alpha value is -3.45. The van der Waals surface area contributed by atoms with Gasteiger partial charge in [0.1, 0.15) is 23.8 Å². The summed E-state index contributed by atoms with van der Waals surface area (Å²) in [6.45, 7) is 4.83. The molecule has 43 heavy (non-hydrogen) atoms. The second kappa shape index (κ2) is 10.9. The number of alkyl halides is 1. The molecule has 0 amide bonds. The number of ether oxygens (including phenoxy) is 2. The Bertz CT molecular complexity index is 1560. The van der Waals surface area contributed by atoms with Crippen LogP contribution in [0.1, 0.15) is 60.9 Å². The van der Waals surface area contributed by atoms with Gasteiger partial charge in [0.15, 0.2) is 0 Å². The van der Waals surface area contributed by atoms with Crippen LogP contribution in [0.3, 0.4) is 0 Å². The number of fused-ring (bicyclic) bond motifs is 2. The number of aliphatic hydroxyl groups is 1. The van der Waals surface area contributed by atoms with E-state index in [1.54, 1.807) is 0 Å². The van der Waals surface area contributed by atoms with E-state index >= 15 is 0 Å². The number of hydrogen-bond acceptors (Lipinski definition) is 14. The largest absolute Gasteiger partial charge is 0.461 e. The average molecular weight is 612 g/mol. The average Bonchev–Trinajstić information content (AvgIpc) is 3.73.